The van der Waals surface area contributed by atoms with Crippen molar-refractivity contribution in [3.8, 4) is 5.75 Å². The molecule has 0 unspecified atom stereocenters. The average molecular weight is 437 g/mol. The average Bonchev–Trinajstić information content (AvgIpc) is 2.99. The third kappa shape index (κ3) is 3.72. The van der Waals surface area contributed by atoms with Crippen LogP contribution in [0.2, 0.25) is 5.02 Å². The molecule has 2 aromatic carbocycles. The number of hydrazone groups is 1. The molecule has 160 valence electrons. The number of phenolic OH excluding ortho intramolecular Hbond substituents is 1. The molecule has 0 saturated heterocycles. The van der Waals surface area contributed by atoms with E-state index in [1.165, 1.54) is 0 Å². The van der Waals surface area contributed by atoms with Gasteiger partial charge in [-0.2, -0.15) is 5.10 Å². The smallest absolute Gasteiger partial charge is 0.258 e. The van der Waals surface area contributed by atoms with E-state index in [1.807, 2.05) is 46.1 Å². The Labute approximate surface area is 186 Å². The van der Waals surface area contributed by atoms with Gasteiger partial charge in [0.1, 0.15) is 5.52 Å². The minimum absolute atomic E-state index is 0.0642. The largest absolute Gasteiger partial charge is 0.505 e. The summed E-state index contributed by atoms with van der Waals surface area (Å²) in [5.74, 6) is -0.265. The lowest BCUT2D eigenvalue weighted by atomic mass is 9.92. The van der Waals surface area contributed by atoms with Crippen LogP contribution in [0.25, 0.3) is 10.9 Å². The second kappa shape index (κ2) is 7.85. The van der Waals surface area contributed by atoms with Crippen LogP contribution in [0, 0.1) is 6.92 Å². The summed E-state index contributed by atoms with van der Waals surface area (Å²) >= 11 is 6.30. The maximum absolute atomic E-state index is 12.7. The lowest BCUT2D eigenvalue weighted by molar-refractivity contribution is 0.0814. The van der Waals surface area contributed by atoms with Crippen LogP contribution < -0.4 is 0 Å². The summed E-state index contributed by atoms with van der Waals surface area (Å²) in [5.41, 5.74) is 6.25. The topological polar surface area (TPSA) is 69.0 Å². The molecular weight excluding hydrogens is 412 g/mol. The molecule has 1 N–H and O–H groups in total. The van der Waals surface area contributed by atoms with Gasteiger partial charge < -0.3 is 15.0 Å². The summed E-state index contributed by atoms with van der Waals surface area (Å²) in [4.78, 5) is 18.9. The monoisotopic (exact) mass is 436 g/mol. The first-order valence-corrected chi connectivity index (χ1v) is 10.4. The van der Waals surface area contributed by atoms with Gasteiger partial charge in [0.05, 0.1) is 11.3 Å². The number of phenols is 1. The number of hydrogen-bond acceptors (Lipinski definition) is 5. The number of fused-ring (bicyclic) bond motifs is 2. The third-order valence-corrected chi connectivity index (χ3v) is 6.00. The van der Waals surface area contributed by atoms with E-state index in [2.05, 4.69) is 16.2 Å². The fraction of sp³-hybridized carbons (Fsp3) is 0.292. The highest BCUT2D eigenvalue weighted by atomic mass is 35.5. The number of rotatable bonds is 4. The van der Waals surface area contributed by atoms with E-state index in [4.69, 9.17) is 11.6 Å². The summed E-state index contributed by atoms with van der Waals surface area (Å²) in [6.07, 6.45) is 2.40. The molecule has 0 radical (unpaired) electrons. The van der Waals surface area contributed by atoms with E-state index in [1.54, 1.807) is 23.2 Å². The standard InChI is InChI=1S/C24H25ClN4O2/c1-13-6-7-15(10-19(13)25)8-16-9-17-20(14(2)27-28(3)4)18-12-29(5)24(31)21(18)23(30)22(17)26-11-16/h6-7,9-11,30H,8,12H2,1-5H3/b27-14-. The lowest BCUT2D eigenvalue weighted by Crippen LogP contribution is -2.17. The molecule has 0 atom stereocenters. The molecule has 31 heavy (non-hydrogen) atoms. The van der Waals surface area contributed by atoms with Gasteiger partial charge >= 0.3 is 0 Å². The highest BCUT2D eigenvalue weighted by molar-refractivity contribution is 6.31. The number of carbonyl (C=O) groups is 1. The molecule has 3 aromatic rings. The van der Waals surface area contributed by atoms with E-state index in [0.717, 1.165) is 43.9 Å². The van der Waals surface area contributed by atoms with Gasteiger partial charge in [0.25, 0.3) is 5.91 Å². The molecule has 1 aliphatic rings. The van der Waals surface area contributed by atoms with Crippen molar-refractivity contribution in [3.63, 3.8) is 0 Å². The predicted octanol–water partition coefficient (Wildman–Crippen LogP) is 4.36. The third-order valence-electron chi connectivity index (χ3n) is 5.59. The minimum atomic E-state index is -0.200. The van der Waals surface area contributed by atoms with Crippen molar-refractivity contribution < 1.29 is 9.90 Å². The number of carbonyl (C=O) groups excluding carboxylic acids is 1. The Morgan fingerprint density at radius 1 is 1.29 bits per heavy atom. The van der Waals surface area contributed by atoms with Gasteiger partial charge in [0.2, 0.25) is 0 Å². The van der Waals surface area contributed by atoms with Gasteiger partial charge in [-0.25, -0.2) is 0 Å². The first-order chi connectivity index (χ1) is 14.7. The van der Waals surface area contributed by atoms with Crippen molar-refractivity contribution in [3.05, 3.63) is 68.9 Å². The minimum Gasteiger partial charge on any atom is -0.505 e. The molecular formula is C24H25ClN4O2. The molecule has 7 heteroatoms. The molecule has 0 spiro atoms. The fourth-order valence-corrected chi connectivity index (χ4v) is 4.37. The number of nitrogens with zero attached hydrogens (tertiary/aromatic N) is 4. The lowest BCUT2D eigenvalue weighted by Gasteiger charge is -2.16. The van der Waals surface area contributed by atoms with Crippen molar-refractivity contribution in [2.45, 2.75) is 26.8 Å². The number of pyridine rings is 1. The number of aromatic nitrogens is 1. The first-order valence-electron chi connectivity index (χ1n) is 10.1. The number of hydrogen-bond donors (Lipinski definition) is 1. The normalized spacial score (nSPS) is 13.8. The van der Waals surface area contributed by atoms with Crippen LogP contribution in [0.5, 0.6) is 5.75 Å². The Balaban J connectivity index is 1.93. The van der Waals surface area contributed by atoms with Gasteiger partial charge in [-0.15, -0.1) is 0 Å². The van der Waals surface area contributed by atoms with Crippen molar-refractivity contribution in [1.82, 2.24) is 14.9 Å². The van der Waals surface area contributed by atoms with Gasteiger partial charge in [0, 0.05) is 49.9 Å². The van der Waals surface area contributed by atoms with Crippen molar-refractivity contribution in [2.24, 2.45) is 5.10 Å². The summed E-state index contributed by atoms with van der Waals surface area (Å²) in [6, 6.07) is 8.06. The SMILES string of the molecule is C/C(=N/N(C)C)c1c2c(c(O)c3ncc(Cc4ccc(C)c(Cl)c4)cc13)C(=O)N(C)C2. The Morgan fingerprint density at radius 2 is 2.03 bits per heavy atom. The molecule has 1 amide bonds. The van der Waals surface area contributed by atoms with Crippen LogP contribution in [0.3, 0.4) is 0 Å². The van der Waals surface area contributed by atoms with Gasteiger partial charge in [-0.3, -0.25) is 9.78 Å². The van der Waals surface area contributed by atoms with E-state index < -0.39 is 0 Å². The molecule has 1 aliphatic heterocycles. The molecule has 0 saturated carbocycles. The van der Waals surface area contributed by atoms with Crippen LogP contribution in [-0.2, 0) is 13.0 Å². The van der Waals surface area contributed by atoms with E-state index in [-0.39, 0.29) is 11.7 Å². The van der Waals surface area contributed by atoms with E-state index in [9.17, 15) is 9.90 Å². The second-order valence-corrected chi connectivity index (χ2v) is 8.68. The van der Waals surface area contributed by atoms with E-state index >= 15 is 0 Å². The zero-order chi connectivity index (χ0) is 22.4. The van der Waals surface area contributed by atoms with E-state index in [0.29, 0.717) is 24.0 Å². The summed E-state index contributed by atoms with van der Waals surface area (Å²) in [5, 5.41) is 18.8. The number of amides is 1. The fourth-order valence-electron chi connectivity index (χ4n) is 4.17. The Bertz CT molecular complexity index is 1250. The highest BCUT2D eigenvalue weighted by Gasteiger charge is 2.33. The van der Waals surface area contributed by atoms with Gasteiger partial charge in [-0.05, 0) is 54.7 Å². The number of halogens is 1. The van der Waals surface area contributed by atoms with Gasteiger partial charge in [0.15, 0.2) is 5.75 Å². The predicted molar refractivity (Wildman–Crippen MR) is 124 cm³/mol. The molecule has 0 aliphatic carbocycles. The Morgan fingerprint density at radius 3 is 2.71 bits per heavy atom. The van der Waals surface area contributed by atoms with Crippen LogP contribution in [0.1, 0.15) is 45.1 Å². The van der Waals surface area contributed by atoms with Crippen LogP contribution in [0.4, 0.5) is 0 Å². The highest BCUT2D eigenvalue weighted by Crippen LogP contribution is 2.40. The molecule has 6 nitrogen and oxygen atoms in total. The summed E-state index contributed by atoms with van der Waals surface area (Å²) < 4.78 is 0. The quantitative estimate of drug-likeness (QED) is 0.487. The maximum Gasteiger partial charge on any atom is 0.258 e. The Hall–Kier alpha value is -3.12. The summed E-state index contributed by atoms with van der Waals surface area (Å²) in [7, 11) is 5.44. The number of aromatic hydroxyl groups is 1. The first kappa shape index (κ1) is 21.1. The molecule has 4 rings (SSSR count). The van der Waals surface area contributed by atoms with Gasteiger partial charge in [-0.1, -0.05) is 23.7 Å². The second-order valence-electron chi connectivity index (χ2n) is 8.27. The summed E-state index contributed by atoms with van der Waals surface area (Å²) in [6.45, 7) is 4.32. The number of benzene rings is 2. The molecule has 1 aromatic heterocycles. The van der Waals surface area contributed by atoms with Crippen molar-refractivity contribution >= 4 is 34.1 Å². The van der Waals surface area contributed by atoms with Crippen molar-refractivity contribution in [2.75, 3.05) is 21.1 Å². The number of aryl methyl sites for hydroxylation is 1. The molecule has 2 heterocycles. The van der Waals surface area contributed by atoms with Crippen LogP contribution >= 0.6 is 11.6 Å². The van der Waals surface area contributed by atoms with Crippen LogP contribution in [-0.4, -0.2) is 52.8 Å². The maximum atomic E-state index is 12.7. The van der Waals surface area contributed by atoms with Crippen LogP contribution in [0.15, 0.2) is 35.6 Å². The zero-order valence-electron chi connectivity index (χ0n) is 18.3. The zero-order valence-corrected chi connectivity index (χ0v) is 19.1. The Kier molecular flexibility index (Phi) is 5.35. The molecule has 0 fully saturated rings. The molecule has 0 bridgehead atoms. The van der Waals surface area contributed by atoms with Crippen molar-refractivity contribution in [1.29, 1.82) is 0 Å².